The Bertz CT molecular complexity index is 724. The molecule has 3 aliphatic rings. The minimum absolute atomic E-state index is 0.0885. The second kappa shape index (κ2) is 10.6. The van der Waals surface area contributed by atoms with Crippen molar-refractivity contribution in [2.75, 3.05) is 59.4 Å². The maximum absolute atomic E-state index is 13.1. The number of carbonyl (C=O) groups is 2. The molecule has 31 heavy (non-hydrogen) atoms. The Balaban J connectivity index is 1.18. The standard InChI is InChI=1S/C25H38N4O2/c1-26-13-5-8-23(20-26)27-16-18-29(19-17-27)25(31)22-11-14-28(15-12-22)24(30)10-9-21-6-3-2-4-7-21/h2-4,6-7,22-23H,5,8-20H2,1H3. The van der Waals surface area contributed by atoms with Crippen molar-refractivity contribution < 1.29 is 9.59 Å². The van der Waals surface area contributed by atoms with Crippen LogP contribution in [0, 0.1) is 5.92 Å². The molecule has 0 radical (unpaired) electrons. The Morgan fingerprint density at radius 3 is 2.26 bits per heavy atom. The van der Waals surface area contributed by atoms with E-state index in [0.717, 1.165) is 65.1 Å². The van der Waals surface area contributed by atoms with E-state index in [1.807, 2.05) is 23.1 Å². The van der Waals surface area contributed by atoms with Gasteiger partial charge in [-0.3, -0.25) is 14.5 Å². The number of benzene rings is 1. The van der Waals surface area contributed by atoms with E-state index >= 15 is 0 Å². The van der Waals surface area contributed by atoms with Gasteiger partial charge in [-0.15, -0.1) is 0 Å². The molecule has 0 spiro atoms. The summed E-state index contributed by atoms with van der Waals surface area (Å²) in [5.41, 5.74) is 1.21. The highest BCUT2D eigenvalue weighted by atomic mass is 16.2. The zero-order chi connectivity index (χ0) is 21.6. The summed E-state index contributed by atoms with van der Waals surface area (Å²) in [4.78, 5) is 34.7. The number of piperidine rings is 2. The number of piperazine rings is 1. The van der Waals surface area contributed by atoms with E-state index in [0.29, 0.717) is 18.4 Å². The summed E-state index contributed by atoms with van der Waals surface area (Å²) in [5.74, 6) is 0.628. The summed E-state index contributed by atoms with van der Waals surface area (Å²) >= 11 is 0. The molecule has 1 aromatic carbocycles. The third-order valence-corrected chi connectivity index (χ3v) is 7.41. The molecule has 0 bridgehead atoms. The van der Waals surface area contributed by atoms with E-state index in [-0.39, 0.29) is 11.8 Å². The molecule has 3 saturated heterocycles. The van der Waals surface area contributed by atoms with Crippen LogP contribution in [0.5, 0.6) is 0 Å². The monoisotopic (exact) mass is 426 g/mol. The van der Waals surface area contributed by atoms with E-state index < -0.39 is 0 Å². The van der Waals surface area contributed by atoms with E-state index in [1.165, 1.54) is 24.9 Å². The fraction of sp³-hybridized carbons (Fsp3) is 0.680. The number of amides is 2. The third kappa shape index (κ3) is 5.86. The van der Waals surface area contributed by atoms with Crippen molar-refractivity contribution in [3.05, 3.63) is 35.9 Å². The lowest BCUT2D eigenvalue weighted by Gasteiger charge is -2.43. The van der Waals surface area contributed by atoms with Gasteiger partial charge in [-0.1, -0.05) is 30.3 Å². The van der Waals surface area contributed by atoms with Crippen LogP contribution in [0.15, 0.2) is 30.3 Å². The molecule has 0 N–H and O–H groups in total. The number of aryl methyl sites for hydroxylation is 1. The van der Waals surface area contributed by atoms with Crippen molar-refractivity contribution in [2.45, 2.75) is 44.6 Å². The Morgan fingerprint density at radius 1 is 0.871 bits per heavy atom. The molecule has 1 unspecified atom stereocenters. The van der Waals surface area contributed by atoms with E-state index in [1.54, 1.807) is 0 Å². The number of nitrogens with zero attached hydrogens (tertiary/aromatic N) is 4. The average Bonchev–Trinajstić information content (AvgIpc) is 2.83. The minimum atomic E-state index is 0.0885. The number of likely N-dealkylation sites (N-methyl/N-ethyl adjacent to an activating group) is 1. The van der Waals surface area contributed by atoms with Crippen LogP contribution in [-0.4, -0.2) is 96.9 Å². The average molecular weight is 427 g/mol. The van der Waals surface area contributed by atoms with Crippen LogP contribution in [0.4, 0.5) is 0 Å². The number of hydrogen-bond acceptors (Lipinski definition) is 4. The summed E-state index contributed by atoms with van der Waals surface area (Å²) in [5, 5.41) is 0. The van der Waals surface area contributed by atoms with Gasteiger partial charge in [-0.25, -0.2) is 0 Å². The van der Waals surface area contributed by atoms with Crippen LogP contribution in [0.2, 0.25) is 0 Å². The van der Waals surface area contributed by atoms with Crippen LogP contribution in [0.25, 0.3) is 0 Å². The summed E-state index contributed by atoms with van der Waals surface area (Å²) < 4.78 is 0. The van der Waals surface area contributed by atoms with Gasteiger partial charge < -0.3 is 14.7 Å². The van der Waals surface area contributed by atoms with Gasteiger partial charge in [0.05, 0.1) is 0 Å². The summed E-state index contributed by atoms with van der Waals surface area (Å²) in [7, 11) is 2.21. The van der Waals surface area contributed by atoms with Gasteiger partial charge in [0.25, 0.3) is 0 Å². The lowest BCUT2D eigenvalue weighted by Crippen LogP contribution is -2.56. The number of carbonyl (C=O) groups excluding carboxylic acids is 2. The SMILES string of the molecule is CN1CCCC(N2CCN(C(=O)C3CCN(C(=O)CCc4ccccc4)CC3)CC2)C1. The number of rotatable bonds is 5. The zero-order valence-electron chi connectivity index (χ0n) is 19.0. The first-order valence-corrected chi connectivity index (χ1v) is 12.1. The van der Waals surface area contributed by atoms with Gasteiger partial charge in [-0.2, -0.15) is 0 Å². The largest absolute Gasteiger partial charge is 0.343 e. The van der Waals surface area contributed by atoms with Crippen molar-refractivity contribution >= 4 is 11.8 Å². The van der Waals surface area contributed by atoms with E-state index in [4.69, 9.17) is 0 Å². The highest BCUT2D eigenvalue weighted by Crippen LogP contribution is 2.23. The lowest BCUT2D eigenvalue weighted by atomic mass is 9.94. The number of hydrogen-bond donors (Lipinski definition) is 0. The molecule has 6 heteroatoms. The molecule has 3 fully saturated rings. The van der Waals surface area contributed by atoms with Crippen LogP contribution in [0.1, 0.15) is 37.7 Å². The highest BCUT2D eigenvalue weighted by Gasteiger charge is 2.33. The molecule has 3 heterocycles. The Morgan fingerprint density at radius 2 is 1.58 bits per heavy atom. The Labute approximate surface area is 187 Å². The molecule has 4 rings (SSSR count). The van der Waals surface area contributed by atoms with E-state index in [9.17, 15) is 9.59 Å². The summed E-state index contributed by atoms with van der Waals surface area (Å²) in [6.07, 6.45) is 5.53. The predicted molar refractivity (Wildman–Crippen MR) is 123 cm³/mol. The van der Waals surface area contributed by atoms with Crippen molar-refractivity contribution in [1.29, 1.82) is 0 Å². The fourth-order valence-electron chi connectivity index (χ4n) is 5.43. The van der Waals surface area contributed by atoms with Crippen molar-refractivity contribution in [3.63, 3.8) is 0 Å². The van der Waals surface area contributed by atoms with Crippen molar-refractivity contribution in [3.8, 4) is 0 Å². The topological polar surface area (TPSA) is 47.1 Å². The molecule has 2 amide bonds. The normalized spacial score (nSPS) is 24.4. The predicted octanol–water partition coefficient (Wildman–Crippen LogP) is 2.10. The number of likely N-dealkylation sites (tertiary alicyclic amines) is 2. The van der Waals surface area contributed by atoms with Crippen LogP contribution in [0.3, 0.4) is 0 Å². The summed E-state index contributed by atoms with van der Waals surface area (Å²) in [6, 6.07) is 10.8. The van der Waals surface area contributed by atoms with Gasteiger partial charge in [-0.05, 0) is 51.3 Å². The molecule has 170 valence electrons. The maximum Gasteiger partial charge on any atom is 0.225 e. The van der Waals surface area contributed by atoms with E-state index in [2.05, 4.69) is 33.9 Å². The van der Waals surface area contributed by atoms with Crippen LogP contribution in [-0.2, 0) is 16.0 Å². The van der Waals surface area contributed by atoms with Gasteiger partial charge in [0.1, 0.15) is 0 Å². The first-order valence-electron chi connectivity index (χ1n) is 12.1. The van der Waals surface area contributed by atoms with Gasteiger partial charge in [0.15, 0.2) is 0 Å². The molecule has 6 nitrogen and oxygen atoms in total. The second-order valence-electron chi connectivity index (χ2n) is 9.56. The molecule has 0 aliphatic carbocycles. The molecular formula is C25H38N4O2. The summed E-state index contributed by atoms with van der Waals surface area (Å²) in [6.45, 7) is 7.52. The lowest BCUT2D eigenvalue weighted by molar-refractivity contribution is -0.142. The molecular weight excluding hydrogens is 388 g/mol. The Hall–Kier alpha value is -1.92. The molecule has 0 saturated carbocycles. The van der Waals surface area contributed by atoms with Crippen molar-refractivity contribution in [1.82, 2.24) is 19.6 Å². The first-order chi connectivity index (χ1) is 15.1. The maximum atomic E-state index is 13.1. The molecule has 3 aliphatic heterocycles. The third-order valence-electron chi connectivity index (χ3n) is 7.41. The molecule has 0 aromatic heterocycles. The van der Waals surface area contributed by atoms with Gasteiger partial charge >= 0.3 is 0 Å². The quantitative estimate of drug-likeness (QED) is 0.724. The van der Waals surface area contributed by atoms with Gasteiger partial charge in [0, 0.05) is 64.2 Å². The zero-order valence-corrected chi connectivity index (χ0v) is 19.0. The minimum Gasteiger partial charge on any atom is -0.343 e. The fourth-order valence-corrected chi connectivity index (χ4v) is 5.43. The van der Waals surface area contributed by atoms with Crippen molar-refractivity contribution in [2.24, 2.45) is 5.92 Å². The molecule has 1 atom stereocenters. The smallest absolute Gasteiger partial charge is 0.225 e. The second-order valence-corrected chi connectivity index (χ2v) is 9.56. The van der Waals surface area contributed by atoms with Crippen LogP contribution >= 0.6 is 0 Å². The molecule has 1 aromatic rings. The first kappa shape index (κ1) is 22.3. The van der Waals surface area contributed by atoms with Gasteiger partial charge in [0.2, 0.25) is 11.8 Å². The Kier molecular flexibility index (Phi) is 7.62. The van der Waals surface area contributed by atoms with Crippen LogP contribution < -0.4 is 0 Å². The highest BCUT2D eigenvalue weighted by molar-refractivity contribution is 5.80.